The molecule has 1 aromatic heterocycles. The Balaban J connectivity index is 2.92. The minimum absolute atomic E-state index is 0.488. The molecular formula is C10H11ClF3N3O3S. The number of hydrogen-bond acceptors (Lipinski definition) is 4. The van der Waals surface area contributed by atoms with Crippen molar-refractivity contribution in [2.75, 3.05) is 25.2 Å². The lowest BCUT2D eigenvalue weighted by molar-refractivity contribution is -0.137. The van der Waals surface area contributed by atoms with Gasteiger partial charge >= 0.3 is 6.18 Å². The number of hydrogen-bond donors (Lipinski definition) is 1. The van der Waals surface area contributed by atoms with Gasteiger partial charge in [0.25, 0.3) is 0 Å². The molecule has 0 radical (unpaired) electrons. The second-order valence-electron chi connectivity index (χ2n) is 4.09. The number of rotatable bonds is 4. The average molecular weight is 346 g/mol. The molecule has 0 bridgehead atoms. The molecule has 1 N–H and O–H groups in total. The van der Waals surface area contributed by atoms with Gasteiger partial charge in [0.15, 0.2) is 5.82 Å². The highest BCUT2D eigenvalue weighted by Gasteiger charge is 2.34. The number of sulfonamides is 1. The Labute approximate surface area is 124 Å². The number of alkyl halides is 3. The lowest BCUT2D eigenvalue weighted by Gasteiger charge is -2.15. The van der Waals surface area contributed by atoms with Crippen molar-refractivity contribution in [1.29, 1.82) is 0 Å². The predicted octanol–water partition coefficient (Wildman–Crippen LogP) is 1.58. The largest absolute Gasteiger partial charge is 0.418 e. The second-order valence-corrected chi connectivity index (χ2v) is 6.55. The van der Waals surface area contributed by atoms with Crippen LogP contribution in [0.3, 0.4) is 0 Å². The molecule has 11 heteroatoms. The summed E-state index contributed by atoms with van der Waals surface area (Å²) in [5.74, 6) is -1.35. The van der Waals surface area contributed by atoms with E-state index in [9.17, 15) is 26.4 Å². The predicted molar refractivity (Wildman–Crippen MR) is 70.4 cm³/mol. The van der Waals surface area contributed by atoms with Crippen molar-refractivity contribution in [1.82, 2.24) is 9.29 Å². The van der Waals surface area contributed by atoms with Crippen molar-refractivity contribution in [3.63, 3.8) is 0 Å². The van der Waals surface area contributed by atoms with E-state index in [1.807, 2.05) is 5.32 Å². The fourth-order valence-electron chi connectivity index (χ4n) is 1.24. The van der Waals surface area contributed by atoms with E-state index in [-0.39, 0.29) is 0 Å². The molecule has 0 saturated carbocycles. The Morgan fingerprint density at radius 1 is 1.48 bits per heavy atom. The monoisotopic (exact) mass is 345 g/mol. The van der Waals surface area contributed by atoms with Crippen LogP contribution in [0.1, 0.15) is 5.56 Å². The van der Waals surface area contributed by atoms with E-state index in [1.54, 1.807) is 0 Å². The Kier molecular flexibility index (Phi) is 5.18. The minimum atomic E-state index is -4.69. The number of halogens is 4. The summed E-state index contributed by atoms with van der Waals surface area (Å²) in [7, 11) is -2.44. The first-order valence-corrected chi connectivity index (χ1v) is 7.58. The summed E-state index contributed by atoms with van der Waals surface area (Å²) in [4.78, 5) is 15.1. The molecule has 1 aromatic rings. The summed E-state index contributed by atoms with van der Waals surface area (Å²) in [6.07, 6.45) is -2.97. The van der Waals surface area contributed by atoms with Gasteiger partial charge in [-0.2, -0.15) is 17.5 Å². The molecule has 0 aliphatic rings. The lowest BCUT2D eigenvalue weighted by atomic mass is 10.2. The van der Waals surface area contributed by atoms with Crippen LogP contribution in [0.2, 0.25) is 5.02 Å². The molecule has 1 rings (SSSR count). The van der Waals surface area contributed by atoms with Crippen LogP contribution >= 0.6 is 11.6 Å². The number of carbonyl (C=O) groups is 1. The van der Waals surface area contributed by atoms with Crippen molar-refractivity contribution in [2.24, 2.45) is 0 Å². The second kappa shape index (κ2) is 6.16. The number of likely N-dealkylation sites (N-methyl/N-ethyl adjacent to an activating group) is 1. The standard InChI is InChI=1S/C10H11ClF3N3O3S/c1-17(21(2,19)20)5-7(18)16-9-8(11)6(3-4-15-9)10(12,13)14/h3-4H,5H2,1-2H3,(H,15,16,18). The van der Waals surface area contributed by atoms with Crippen LogP contribution in [0.15, 0.2) is 12.3 Å². The van der Waals surface area contributed by atoms with Gasteiger partial charge in [-0.3, -0.25) is 4.79 Å². The van der Waals surface area contributed by atoms with Gasteiger partial charge in [-0.25, -0.2) is 13.4 Å². The van der Waals surface area contributed by atoms with Crippen LogP contribution < -0.4 is 5.32 Å². The number of pyridine rings is 1. The van der Waals surface area contributed by atoms with Crippen LogP contribution in [0, 0.1) is 0 Å². The molecule has 6 nitrogen and oxygen atoms in total. The van der Waals surface area contributed by atoms with Gasteiger partial charge in [0.2, 0.25) is 15.9 Å². The summed E-state index contributed by atoms with van der Waals surface area (Å²) in [6, 6.07) is 0.667. The third-order valence-electron chi connectivity index (χ3n) is 2.38. The van der Waals surface area contributed by atoms with Crippen molar-refractivity contribution < 1.29 is 26.4 Å². The average Bonchev–Trinajstić information content (AvgIpc) is 2.28. The Morgan fingerprint density at radius 3 is 2.52 bits per heavy atom. The number of nitrogens with zero attached hydrogens (tertiary/aromatic N) is 2. The van der Waals surface area contributed by atoms with Gasteiger partial charge in [-0.1, -0.05) is 11.6 Å². The van der Waals surface area contributed by atoms with Gasteiger partial charge in [-0.15, -0.1) is 0 Å². The fourth-order valence-corrected chi connectivity index (χ4v) is 1.86. The van der Waals surface area contributed by atoms with E-state index >= 15 is 0 Å². The molecule has 0 unspecified atom stereocenters. The summed E-state index contributed by atoms with van der Waals surface area (Å²) in [5, 5.41) is 1.27. The summed E-state index contributed by atoms with van der Waals surface area (Å²) < 4.78 is 60.8. The van der Waals surface area contributed by atoms with Crippen LogP contribution in [0.4, 0.5) is 19.0 Å². The number of amides is 1. The first-order valence-electron chi connectivity index (χ1n) is 5.36. The van der Waals surface area contributed by atoms with Crippen molar-refractivity contribution in [3.8, 4) is 0 Å². The number of nitrogens with one attached hydrogen (secondary N) is 1. The van der Waals surface area contributed by atoms with Gasteiger partial charge < -0.3 is 5.32 Å². The molecule has 0 fully saturated rings. The van der Waals surface area contributed by atoms with Crippen LogP contribution in [0.5, 0.6) is 0 Å². The fraction of sp³-hybridized carbons (Fsp3) is 0.400. The van der Waals surface area contributed by atoms with Gasteiger partial charge in [0.1, 0.15) is 0 Å². The molecule has 0 atom stereocenters. The minimum Gasteiger partial charge on any atom is -0.308 e. The van der Waals surface area contributed by atoms with Gasteiger partial charge in [-0.05, 0) is 6.07 Å². The summed E-state index contributed by atoms with van der Waals surface area (Å²) >= 11 is 5.53. The van der Waals surface area contributed by atoms with Crippen LogP contribution in [0.25, 0.3) is 0 Å². The molecule has 0 saturated heterocycles. The van der Waals surface area contributed by atoms with Crippen molar-refractivity contribution in [3.05, 3.63) is 22.8 Å². The van der Waals surface area contributed by atoms with E-state index in [1.165, 1.54) is 0 Å². The van der Waals surface area contributed by atoms with E-state index in [4.69, 9.17) is 11.6 Å². The molecule has 0 aromatic carbocycles. The molecule has 0 aliphatic heterocycles. The SMILES string of the molecule is CN(CC(=O)Nc1nccc(C(F)(F)F)c1Cl)S(C)(=O)=O. The number of aromatic nitrogens is 1. The van der Waals surface area contributed by atoms with E-state index in [2.05, 4.69) is 4.98 Å². The van der Waals surface area contributed by atoms with Crippen molar-refractivity contribution in [2.45, 2.75) is 6.18 Å². The molecule has 21 heavy (non-hydrogen) atoms. The smallest absolute Gasteiger partial charge is 0.308 e. The maximum absolute atomic E-state index is 12.6. The molecule has 118 valence electrons. The number of anilines is 1. The molecule has 0 aliphatic carbocycles. The van der Waals surface area contributed by atoms with Crippen LogP contribution in [-0.4, -0.2) is 43.5 Å². The van der Waals surface area contributed by atoms with E-state index in [0.29, 0.717) is 6.07 Å². The highest BCUT2D eigenvalue weighted by molar-refractivity contribution is 7.88. The highest BCUT2D eigenvalue weighted by atomic mass is 35.5. The van der Waals surface area contributed by atoms with Crippen LogP contribution in [-0.2, 0) is 21.0 Å². The molecule has 0 spiro atoms. The Bertz CT molecular complexity index is 649. The normalized spacial score (nSPS) is 12.5. The first kappa shape index (κ1) is 17.7. The van der Waals surface area contributed by atoms with E-state index < -0.39 is 45.1 Å². The Hall–Kier alpha value is -1.39. The molecule has 1 heterocycles. The summed E-state index contributed by atoms with van der Waals surface area (Å²) in [6.45, 7) is -0.576. The molecular weight excluding hydrogens is 335 g/mol. The summed E-state index contributed by atoms with van der Waals surface area (Å²) in [5.41, 5.74) is -1.15. The number of carbonyl (C=O) groups excluding carboxylic acids is 1. The molecule has 1 amide bonds. The third-order valence-corrected chi connectivity index (χ3v) is 4.03. The first-order chi connectivity index (χ1) is 9.43. The van der Waals surface area contributed by atoms with E-state index in [0.717, 1.165) is 23.8 Å². The zero-order valence-corrected chi connectivity index (χ0v) is 12.5. The zero-order chi connectivity index (χ0) is 16.4. The maximum Gasteiger partial charge on any atom is 0.418 e. The highest BCUT2D eigenvalue weighted by Crippen LogP contribution is 2.37. The third kappa shape index (κ3) is 4.83. The topological polar surface area (TPSA) is 79.4 Å². The van der Waals surface area contributed by atoms with Gasteiger partial charge in [0, 0.05) is 13.2 Å². The quantitative estimate of drug-likeness (QED) is 0.898. The zero-order valence-electron chi connectivity index (χ0n) is 10.9. The van der Waals surface area contributed by atoms with Gasteiger partial charge in [0.05, 0.1) is 23.4 Å². The Morgan fingerprint density at radius 2 is 2.05 bits per heavy atom. The maximum atomic E-state index is 12.6. The lowest BCUT2D eigenvalue weighted by Crippen LogP contribution is -2.34. The van der Waals surface area contributed by atoms with Crippen molar-refractivity contribution >= 4 is 33.3 Å².